The van der Waals surface area contributed by atoms with E-state index in [1.165, 1.54) is 5.56 Å². The highest BCUT2D eigenvalue weighted by Gasteiger charge is 2.12. The van der Waals surface area contributed by atoms with Crippen LogP contribution in [-0.2, 0) is 11.2 Å². The van der Waals surface area contributed by atoms with Crippen LogP contribution < -0.4 is 0 Å². The SMILES string of the molecule is Cc1cscc1-c1nc(C)c(CCC(=O)O)c(C)n1. The van der Waals surface area contributed by atoms with Crippen LogP contribution in [0.25, 0.3) is 11.4 Å². The molecule has 0 atom stereocenters. The summed E-state index contributed by atoms with van der Waals surface area (Å²) < 4.78 is 0. The van der Waals surface area contributed by atoms with Crippen molar-refractivity contribution in [3.63, 3.8) is 0 Å². The van der Waals surface area contributed by atoms with Crippen LogP contribution in [0.2, 0.25) is 0 Å². The van der Waals surface area contributed by atoms with Gasteiger partial charge in [-0.25, -0.2) is 9.97 Å². The molecule has 0 bridgehead atoms. The first-order chi connectivity index (χ1) is 8.99. The molecule has 2 heterocycles. The Morgan fingerprint density at radius 3 is 2.32 bits per heavy atom. The number of carboxylic acids is 1. The molecule has 2 aromatic rings. The molecule has 0 aliphatic heterocycles. The number of rotatable bonds is 4. The van der Waals surface area contributed by atoms with Crippen molar-refractivity contribution in [2.75, 3.05) is 0 Å². The highest BCUT2D eigenvalue weighted by molar-refractivity contribution is 7.08. The van der Waals surface area contributed by atoms with Gasteiger partial charge in [0.1, 0.15) is 0 Å². The molecule has 0 saturated heterocycles. The lowest BCUT2D eigenvalue weighted by Gasteiger charge is -2.10. The number of aliphatic carboxylic acids is 1. The summed E-state index contributed by atoms with van der Waals surface area (Å²) in [6.07, 6.45) is 0.595. The monoisotopic (exact) mass is 276 g/mol. The van der Waals surface area contributed by atoms with Gasteiger partial charge in [-0.15, -0.1) is 0 Å². The van der Waals surface area contributed by atoms with E-state index in [1.807, 2.05) is 26.2 Å². The first-order valence-electron chi connectivity index (χ1n) is 6.08. The Kier molecular flexibility index (Phi) is 3.95. The van der Waals surface area contributed by atoms with Crippen LogP contribution in [0.5, 0.6) is 0 Å². The Labute approximate surface area is 116 Å². The van der Waals surface area contributed by atoms with E-state index in [4.69, 9.17) is 5.11 Å². The van der Waals surface area contributed by atoms with E-state index in [9.17, 15) is 4.79 Å². The summed E-state index contributed by atoms with van der Waals surface area (Å²) >= 11 is 1.63. The molecular formula is C14H16N2O2S. The fourth-order valence-corrected chi connectivity index (χ4v) is 2.87. The Balaban J connectivity index is 2.37. The number of nitrogens with zero attached hydrogens (tertiary/aromatic N) is 2. The summed E-state index contributed by atoms with van der Waals surface area (Å²) in [7, 11) is 0. The maximum Gasteiger partial charge on any atom is 0.303 e. The van der Waals surface area contributed by atoms with Crippen LogP contribution >= 0.6 is 11.3 Å². The van der Waals surface area contributed by atoms with Crippen molar-refractivity contribution >= 4 is 17.3 Å². The van der Waals surface area contributed by atoms with Crippen molar-refractivity contribution < 1.29 is 9.90 Å². The third-order valence-electron chi connectivity index (χ3n) is 3.11. The highest BCUT2D eigenvalue weighted by atomic mass is 32.1. The summed E-state index contributed by atoms with van der Waals surface area (Å²) in [5.41, 5.74) is 4.91. The van der Waals surface area contributed by atoms with Crippen LogP contribution in [0.1, 0.15) is 28.9 Å². The molecular weight excluding hydrogens is 260 g/mol. The van der Waals surface area contributed by atoms with Crippen LogP contribution in [0.3, 0.4) is 0 Å². The quantitative estimate of drug-likeness (QED) is 0.931. The Morgan fingerprint density at radius 2 is 1.84 bits per heavy atom. The minimum Gasteiger partial charge on any atom is -0.481 e. The number of carboxylic acid groups (broad SMARTS) is 1. The Morgan fingerprint density at radius 1 is 1.21 bits per heavy atom. The number of aromatic nitrogens is 2. The van der Waals surface area contributed by atoms with Crippen molar-refractivity contribution in [1.29, 1.82) is 0 Å². The van der Waals surface area contributed by atoms with Gasteiger partial charge >= 0.3 is 5.97 Å². The van der Waals surface area contributed by atoms with Crippen molar-refractivity contribution in [1.82, 2.24) is 9.97 Å². The second-order valence-electron chi connectivity index (χ2n) is 4.56. The lowest BCUT2D eigenvalue weighted by Crippen LogP contribution is -2.06. The van der Waals surface area contributed by atoms with Gasteiger partial charge in [0.05, 0.1) is 0 Å². The number of thiophene rings is 1. The Bertz CT molecular complexity index is 597. The maximum atomic E-state index is 10.7. The summed E-state index contributed by atoms with van der Waals surface area (Å²) in [4.78, 5) is 19.7. The zero-order chi connectivity index (χ0) is 14.0. The Hall–Kier alpha value is -1.75. The van der Waals surface area contributed by atoms with Gasteiger partial charge in [0.15, 0.2) is 5.82 Å². The average molecular weight is 276 g/mol. The molecule has 0 spiro atoms. The van der Waals surface area contributed by atoms with Gasteiger partial charge < -0.3 is 5.11 Å². The molecule has 5 heteroatoms. The van der Waals surface area contributed by atoms with Crippen molar-refractivity contribution in [2.24, 2.45) is 0 Å². The van der Waals surface area contributed by atoms with Crippen molar-refractivity contribution in [2.45, 2.75) is 33.6 Å². The van der Waals surface area contributed by atoms with Gasteiger partial charge in [-0.05, 0) is 43.7 Å². The van der Waals surface area contributed by atoms with Gasteiger partial charge in [-0.2, -0.15) is 11.3 Å². The van der Waals surface area contributed by atoms with E-state index < -0.39 is 5.97 Å². The lowest BCUT2D eigenvalue weighted by molar-refractivity contribution is -0.136. The third-order valence-corrected chi connectivity index (χ3v) is 3.97. The molecule has 100 valence electrons. The predicted molar refractivity (Wildman–Crippen MR) is 75.5 cm³/mol. The van der Waals surface area contributed by atoms with Gasteiger partial charge in [0.2, 0.25) is 0 Å². The molecule has 0 saturated carbocycles. The molecule has 0 fully saturated rings. The summed E-state index contributed by atoms with van der Waals surface area (Å²) in [6.45, 7) is 5.87. The second-order valence-corrected chi connectivity index (χ2v) is 5.30. The molecule has 19 heavy (non-hydrogen) atoms. The summed E-state index contributed by atoms with van der Waals surface area (Å²) in [5.74, 6) is -0.0654. The average Bonchev–Trinajstić information content (AvgIpc) is 2.73. The van der Waals surface area contributed by atoms with E-state index in [2.05, 4.69) is 15.3 Å². The van der Waals surface area contributed by atoms with Gasteiger partial charge in [0, 0.05) is 28.8 Å². The molecule has 2 aromatic heterocycles. The topological polar surface area (TPSA) is 63.1 Å². The van der Waals surface area contributed by atoms with E-state index >= 15 is 0 Å². The largest absolute Gasteiger partial charge is 0.481 e. The van der Waals surface area contributed by atoms with Gasteiger partial charge in [0.25, 0.3) is 0 Å². The first kappa shape index (κ1) is 13.7. The third kappa shape index (κ3) is 2.98. The maximum absolute atomic E-state index is 10.7. The molecule has 0 amide bonds. The van der Waals surface area contributed by atoms with Crippen molar-refractivity contribution in [3.8, 4) is 11.4 Å². The molecule has 1 N–H and O–H groups in total. The highest BCUT2D eigenvalue weighted by Crippen LogP contribution is 2.25. The molecule has 0 radical (unpaired) electrons. The van der Waals surface area contributed by atoms with E-state index in [0.717, 1.165) is 28.3 Å². The first-order valence-corrected chi connectivity index (χ1v) is 7.02. The molecule has 4 nitrogen and oxygen atoms in total. The second kappa shape index (κ2) is 5.48. The predicted octanol–water partition coefficient (Wildman–Crippen LogP) is 3.15. The molecule has 0 aliphatic rings. The molecule has 0 aliphatic carbocycles. The van der Waals surface area contributed by atoms with Crippen LogP contribution in [0.15, 0.2) is 10.8 Å². The van der Waals surface area contributed by atoms with Crippen LogP contribution in [-0.4, -0.2) is 21.0 Å². The normalized spacial score (nSPS) is 10.7. The fraction of sp³-hybridized carbons (Fsp3) is 0.357. The fourth-order valence-electron chi connectivity index (χ4n) is 2.04. The van der Waals surface area contributed by atoms with E-state index in [1.54, 1.807) is 11.3 Å². The van der Waals surface area contributed by atoms with Gasteiger partial charge in [-0.1, -0.05) is 0 Å². The van der Waals surface area contributed by atoms with Crippen molar-refractivity contribution in [3.05, 3.63) is 33.3 Å². The number of hydrogen-bond donors (Lipinski definition) is 1. The van der Waals surface area contributed by atoms with Crippen LogP contribution in [0, 0.1) is 20.8 Å². The van der Waals surface area contributed by atoms with E-state index in [-0.39, 0.29) is 6.42 Å². The summed E-state index contributed by atoms with van der Waals surface area (Å²) in [5, 5.41) is 12.9. The number of hydrogen-bond acceptors (Lipinski definition) is 4. The van der Waals surface area contributed by atoms with Gasteiger partial charge in [-0.3, -0.25) is 4.79 Å². The lowest BCUT2D eigenvalue weighted by atomic mass is 10.1. The zero-order valence-electron chi connectivity index (χ0n) is 11.2. The molecule has 2 rings (SSSR count). The smallest absolute Gasteiger partial charge is 0.303 e. The molecule has 0 aromatic carbocycles. The van der Waals surface area contributed by atoms with Crippen LogP contribution in [0.4, 0.5) is 0 Å². The van der Waals surface area contributed by atoms with E-state index in [0.29, 0.717) is 6.42 Å². The standard InChI is InChI=1S/C14H16N2O2S/c1-8-6-19-7-12(8)14-15-9(2)11(10(3)16-14)4-5-13(17)18/h6-7H,4-5H2,1-3H3,(H,17,18). The summed E-state index contributed by atoms with van der Waals surface area (Å²) in [6, 6.07) is 0. The number of carbonyl (C=O) groups is 1. The zero-order valence-corrected chi connectivity index (χ0v) is 12.0. The number of aryl methyl sites for hydroxylation is 3. The minimum atomic E-state index is -0.795. The molecule has 0 unspecified atom stereocenters. The minimum absolute atomic E-state index is 0.113.